The van der Waals surface area contributed by atoms with E-state index in [4.69, 9.17) is 16.4 Å². The molecule has 96 valence electrons. The summed E-state index contributed by atoms with van der Waals surface area (Å²) < 4.78 is 61.7. The monoisotopic (exact) mass is 290 g/mol. The van der Waals surface area contributed by atoms with E-state index in [-0.39, 0.29) is 5.69 Å². The van der Waals surface area contributed by atoms with Gasteiger partial charge in [0.15, 0.2) is 5.75 Å². The number of aryl methyl sites for hydroxylation is 1. The Hall–Kier alpha value is -1.22. The fourth-order valence-electron chi connectivity index (χ4n) is 1.04. The number of nitrogens with two attached hydrogens (primary N) is 1. The molecular formula is C7H6ClF3N2O3S. The van der Waals surface area contributed by atoms with Gasteiger partial charge < -0.3 is 10.5 Å². The maximum atomic E-state index is 12.0. The Morgan fingerprint density at radius 1 is 1.47 bits per heavy atom. The quantitative estimate of drug-likeness (QED) is 0.840. The summed E-state index contributed by atoms with van der Waals surface area (Å²) in [7, 11) is 0.449. The first-order valence-electron chi connectivity index (χ1n) is 3.98. The third-order valence-corrected chi connectivity index (χ3v) is 2.72. The molecule has 0 amide bonds. The van der Waals surface area contributed by atoms with Crippen molar-refractivity contribution in [3.63, 3.8) is 0 Å². The second kappa shape index (κ2) is 4.22. The molecule has 0 aliphatic rings. The minimum atomic E-state index is -5.10. The van der Waals surface area contributed by atoms with E-state index in [9.17, 15) is 21.6 Å². The minimum absolute atomic E-state index is 0.0937. The molecule has 0 radical (unpaired) electrons. The highest BCUT2D eigenvalue weighted by Crippen LogP contribution is 2.35. The summed E-state index contributed by atoms with van der Waals surface area (Å²) in [6.45, 7) is 1.35. The first-order valence-corrected chi connectivity index (χ1v) is 6.29. The number of nitrogens with zero attached hydrogens (tertiary/aromatic N) is 1. The highest BCUT2D eigenvalue weighted by Gasteiger charge is 2.35. The summed E-state index contributed by atoms with van der Waals surface area (Å²) in [5.41, 5.74) is 4.81. The second-order valence-electron chi connectivity index (χ2n) is 2.97. The van der Waals surface area contributed by atoms with Crippen molar-refractivity contribution in [1.82, 2.24) is 4.98 Å². The SMILES string of the molecule is Cc1cc(N)c(OC(F)(F)F)c(S(=O)(=O)Cl)n1. The number of anilines is 1. The van der Waals surface area contributed by atoms with Crippen LogP contribution >= 0.6 is 10.7 Å². The zero-order valence-corrected chi connectivity index (χ0v) is 9.82. The molecule has 0 saturated carbocycles. The summed E-state index contributed by atoms with van der Waals surface area (Å²) in [6.07, 6.45) is -5.10. The topological polar surface area (TPSA) is 82.3 Å². The first-order chi connectivity index (χ1) is 7.50. The number of pyridine rings is 1. The number of alkyl halides is 3. The molecule has 1 rings (SSSR count). The number of hydrogen-bond donors (Lipinski definition) is 1. The van der Waals surface area contributed by atoms with Crippen LogP contribution < -0.4 is 10.5 Å². The minimum Gasteiger partial charge on any atom is -0.400 e. The van der Waals surface area contributed by atoms with Gasteiger partial charge in [0.1, 0.15) is 0 Å². The average Bonchev–Trinajstić information content (AvgIpc) is 2.05. The van der Waals surface area contributed by atoms with Crippen molar-refractivity contribution < 1.29 is 26.3 Å². The Balaban J connectivity index is 3.47. The zero-order chi connectivity index (χ0) is 13.4. The van der Waals surface area contributed by atoms with Gasteiger partial charge in [-0.05, 0) is 13.0 Å². The lowest BCUT2D eigenvalue weighted by molar-refractivity contribution is -0.275. The van der Waals surface area contributed by atoms with E-state index in [0.717, 1.165) is 6.07 Å². The van der Waals surface area contributed by atoms with Gasteiger partial charge in [-0.1, -0.05) is 0 Å². The highest BCUT2D eigenvalue weighted by molar-refractivity contribution is 8.13. The lowest BCUT2D eigenvalue weighted by Crippen LogP contribution is -2.20. The van der Waals surface area contributed by atoms with Crippen LogP contribution in [-0.2, 0) is 9.05 Å². The normalized spacial score (nSPS) is 12.5. The lowest BCUT2D eigenvalue weighted by atomic mass is 10.3. The molecule has 5 nitrogen and oxygen atoms in total. The van der Waals surface area contributed by atoms with E-state index in [1.807, 2.05) is 0 Å². The number of rotatable bonds is 2. The van der Waals surface area contributed by atoms with E-state index in [1.54, 1.807) is 0 Å². The first kappa shape index (κ1) is 13.8. The van der Waals surface area contributed by atoms with E-state index < -0.39 is 31.9 Å². The maximum Gasteiger partial charge on any atom is 0.573 e. The number of halogens is 4. The van der Waals surface area contributed by atoms with Crippen LogP contribution in [0.5, 0.6) is 5.75 Å². The summed E-state index contributed by atoms with van der Waals surface area (Å²) in [6, 6.07) is 1.03. The molecule has 1 aromatic rings. The van der Waals surface area contributed by atoms with Gasteiger partial charge in [-0.15, -0.1) is 13.2 Å². The zero-order valence-electron chi connectivity index (χ0n) is 8.25. The largest absolute Gasteiger partial charge is 0.573 e. The van der Waals surface area contributed by atoms with Crippen molar-refractivity contribution in [2.45, 2.75) is 18.3 Å². The second-order valence-corrected chi connectivity index (χ2v) is 5.45. The van der Waals surface area contributed by atoms with E-state index >= 15 is 0 Å². The molecule has 10 heteroatoms. The van der Waals surface area contributed by atoms with Crippen LogP contribution in [0.3, 0.4) is 0 Å². The molecule has 0 saturated heterocycles. The predicted molar refractivity (Wildman–Crippen MR) is 53.1 cm³/mol. The Morgan fingerprint density at radius 3 is 2.41 bits per heavy atom. The van der Waals surface area contributed by atoms with Crippen molar-refractivity contribution in [2.24, 2.45) is 0 Å². The molecule has 0 fully saturated rings. The molecule has 0 bridgehead atoms. The molecule has 0 aliphatic carbocycles. The van der Waals surface area contributed by atoms with Crippen LogP contribution in [0.2, 0.25) is 0 Å². The van der Waals surface area contributed by atoms with Gasteiger partial charge in [0.05, 0.1) is 5.69 Å². The van der Waals surface area contributed by atoms with Crippen LogP contribution in [0, 0.1) is 6.92 Å². The third-order valence-electron chi connectivity index (χ3n) is 1.55. The summed E-state index contributed by atoms with van der Waals surface area (Å²) in [5.74, 6) is -1.13. The average molecular weight is 291 g/mol. The van der Waals surface area contributed by atoms with Crippen LogP contribution in [0.1, 0.15) is 5.69 Å². The van der Waals surface area contributed by atoms with E-state index in [0.29, 0.717) is 0 Å². The van der Waals surface area contributed by atoms with Crippen molar-refractivity contribution in [3.05, 3.63) is 11.8 Å². The van der Waals surface area contributed by atoms with Crippen molar-refractivity contribution >= 4 is 25.4 Å². The standard InChI is InChI=1S/C7H6ClF3N2O3S/c1-3-2-4(12)5(16-7(9,10)11)6(13-3)17(8,14)15/h2H,1H3,(H2,12,13). The molecule has 0 unspecified atom stereocenters. The van der Waals surface area contributed by atoms with Crippen molar-refractivity contribution in [2.75, 3.05) is 5.73 Å². The number of aromatic nitrogens is 1. The summed E-state index contributed by atoms with van der Waals surface area (Å²) in [4.78, 5) is 3.36. The van der Waals surface area contributed by atoms with Crippen molar-refractivity contribution in [3.8, 4) is 5.75 Å². The number of hydrogen-bond acceptors (Lipinski definition) is 5. The molecule has 17 heavy (non-hydrogen) atoms. The molecule has 0 aliphatic heterocycles. The summed E-state index contributed by atoms with van der Waals surface area (Å²) >= 11 is 0. The Kier molecular flexibility index (Phi) is 3.44. The fraction of sp³-hybridized carbons (Fsp3) is 0.286. The Labute approximate surface area is 98.8 Å². The van der Waals surface area contributed by atoms with Gasteiger partial charge in [0.25, 0.3) is 9.05 Å². The van der Waals surface area contributed by atoms with E-state index in [2.05, 4.69) is 9.72 Å². The van der Waals surface area contributed by atoms with Gasteiger partial charge >= 0.3 is 6.36 Å². The fourth-order valence-corrected chi connectivity index (χ4v) is 1.99. The molecule has 1 heterocycles. The van der Waals surface area contributed by atoms with E-state index in [1.165, 1.54) is 6.92 Å². The smallest absolute Gasteiger partial charge is 0.400 e. The van der Waals surface area contributed by atoms with Crippen LogP contribution in [-0.4, -0.2) is 19.8 Å². The van der Waals surface area contributed by atoms with Crippen LogP contribution in [0.25, 0.3) is 0 Å². The maximum absolute atomic E-state index is 12.0. The number of nitrogen functional groups attached to an aromatic ring is 1. The molecular weight excluding hydrogens is 285 g/mol. The van der Waals surface area contributed by atoms with Gasteiger partial charge in [0.2, 0.25) is 5.03 Å². The Morgan fingerprint density at radius 2 is 2.00 bits per heavy atom. The van der Waals surface area contributed by atoms with Gasteiger partial charge in [0, 0.05) is 16.4 Å². The Bertz CT molecular complexity index is 544. The predicted octanol–water partition coefficient (Wildman–Crippen LogP) is 1.80. The lowest BCUT2D eigenvalue weighted by Gasteiger charge is -2.13. The van der Waals surface area contributed by atoms with Gasteiger partial charge in [-0.2, -0.15) is 0 Å². The molecule has 0 aromatic carbocycles. The van der Waals surface area contributed by atoms with Crippen LogP contribution in [0.15, 0.2) is 11.1 Å². The number of ether oxygens (including phenoxy) is 1. The molecule has 0 spiro atoms. The third kappa shape index (κ3) is 3.63. The van der Waals surface area contributed by atoms with Crippen molar-refractivity contribution in [1.29, 1.82) is 0 Å². The molecule has 0 atom stereocenters. The summed E-state index contributed by atoms with van der Waals surface area (Å²) in [5, 5.41) is -1.06. The molecule has 1 aromatic heterocycles. The highest BCUT2D eigenvalue weighted by atomic mass is 35.7. The van der Waals surface area contributed by atoms with Gasteiger partial charge in [-0.25, -0.2) is 13.4 Å². The van der Waals surface area contributed by atoms with Crippen LogP contribution in [0.4, 0.5) is 18.9 Å². The van der Waals surface area contributed by atoms with Gasteiger partial charge in [-0.3, -0.25) is 0 Å². The molecule has 2 N–H and O–H groups in total.